The first-order valence-electron chi connectivity index (χ1n) is 11.3. The number of carbonyl (C=O) groups excluding carboxylic acids is 4. The predicted octanol–water partition coefficient (Wildman–Crippen LogP) is -1.88. The first-order valence-corrected chi connectivity index (χ1v) is 11.3. The maximum atomic E-state index is 12.8. The van der Waals surface area contributed by atoms with E-state index in [1.165, 1.54) is 7.11 Å². The Hall–Kier alpha value is -2.24. The van der Waals surface area contributed by atoms with Gasteiger partial charge in [0.05, 0.1) is 19.3 Å². The molecule has 11 nitrogen and oxygen atoms in total. The largest absolute Gasteiger partial charge is 0.550 e. The van der Waals surface area contributed by atoms with Gasteiger partial charge in [-0.05, 0) is 30.6 Å². The normalized spacial score (nSPS) is 29.8. The molecule has 2 aliphatic carbocycles. The summed E-state index contributed by atoms with van der Waals surface area (Å²) in [5, 5.41) is 47.8. The molecule has 0 unspecified atom stereocenters. The van der Waals surface area contributed by atoms with Gasteiger partial charge in [0.25, 0.3) is 5.91 Å². The number of methoxy groups -OCH3 is 1. The minimum atomic E-state index is -2.16. The Bertz CT molecular complexity index is 750. The summed E-state index contributed by atoms with van der Waals surface area (Å²) in [7, 11) is 1.17. The Morgan fingerprint density at radius 3 is 2.21 bits per heavy atom. The fraction of sp³-hybridized carbons (Fsp3) is 0.818. The molecule has 0 heterocycles. The highest BCUT2D eigenvalue weighted by Crippen LogP contribution is 2.44. The predicted molar refractivity (Wildman–Crippen MR) is 112 cm³/mol. The van der Waals surface area contributed by atoms with Crippen molar-refractivity contribution in [1.82, 2.24) is 10.6 Å². The molecule has 188 valence electrons. The van der Waals surface area contributed by atoms with Crippen LogP contribution in [-0.4, -0.2) is 76.1 Å². The van der Waals surface area contributed by atoms with Crippen LogP contribution in [0.2, 0.25) is 0 Å². The number of hydrogen-bond donors (Lipinski definition) is 5. The Kier molecular flexibility index (Phi) is 8.83. The number of carboxylic acid groups (broad SMARTS) is 1. The van der Waals surface area contributed by atoms with Crippen LogP contribution in [0, 0.1) is 11.3 Å². The number of esters is 1. The number of aliphatic hydroxyl groups excluding tert-OH is 2. The second-order valence-electron chi connectivity index (χ2n) is 9.82. The van der Waals surface area contributed by atoms with Crippen molar-refractivity contribution in [2.45, 2.75) is 95.1 Å². The van der Waals surface area contributed by atoms with Crippen molar-refractivity contribution in [2.75, 3.05) is 7.11 Å². The van der Waals surface area contributed by atoms with Gasteiger partial charge in [0.2, 0.25) is 5.91 Å². The topological polar surface area (TPSA) is 185 Å². The van der Waals surface area contributed by atoms with Gasteiger partial charge < -0.3 is 40.6 Å². The summed E-state index contributed by atoms with van der Waals surface area (Å²) in [5.41, 5.74) is -2.90. The summed E-state index contributed by atoms with van der Waals surface area (Å²) < 4.78 is 4.68. The third kappa shape index (κ3) is 6.64. The second kappa shape index (κ2) is 10.8. The third-order valence-electron chi connectivity index (χ3n) is 6.81. The molecule has 2 amide bonds. The van der Waals surface area contributed by atoms with Crippen LogP contribution in [0.5, 0.6) is 0 Å². The molecule has 0 saturated heterocycles. The minimum Gasteiger partial charge on any atom is -0.550 e. The zero-order valence-corrected chi connectivity index (χ0v) is 19.3. The molecule has 5 N–H and O–H groups in total. The fourth-order valence-electron chi connectivity index (χ4n) is 4.97. The SMILES string of the molecule is COC(=O)[C@H](NC(=O)[C@@]1(O)C[C@@H](O)[C@H](O)[C@@H](NC(=O)CC2(CC(=O)[O-])CCCC2)C1)C(C)C. The highest BCUT2D eigenvalue weighted by atomic mass is 16.5. The van der Waals surface area contributed by atoms with Gasteiger partial charge in [-0.15, -0.1) is 0 Å². The lowest BCUT2D eigenvalue weighted by molar-refractivity contribution is -0.308. The molecule has 0 spiro atoms. The number of ether oxygens (including phenoxy) is 1. The van der Waals surface area contributed by atoms with Crippen LogP contribution in [0.1, 0.15) is 65.2 Å². The van der Waals surface area contributed by atoms with Crippen molar-refractivity contribution in [1.29, 1.82) is 0 Å². The lowest BCUT2D eigenvalue weighted by Gasteiger charge is -2.42. The van der Waals surface area contributed by atoms with Crippen LogP contribution in [0.25, 0.3) is 0 Å². The average Bonchev–Trinajstić information content (AvgIpc) is 3.15. The zero-order valence-electron chi connectivity index (χ0n) is 19.3. The van der Waals surface area contributed by atoms with E-state index in [2.05, 4.69) is 15.4 Å². The van der Waals surface area contributed by atoms with E-state index in [-0.39, 0.29) is 18.8 Å². The molecule has 0 aromatic heterocycles. The molecule has 5 atom stereocenters. The van der Waals surface area contributed by atoms with Crippen LogP contribution in [-0.2, 0) is 23.9 Å². The van der Waals surface area contributed by atoms with Crippen molar-refractivity contribution < 1.29 is 44.3 Å². The van der Waals surface area contributed by atoms with Crippen LogP contribution >= 0.6 is 0 Å². The van der Waals surface area contributed by atoms with Gasteiger partial charge in [-0.3, -0.25) is 9.59 Å². The first-order chi connectivity index (χ1) is 15.3. The third-order valence-corrected chi connectivity index (χ3v) is 6.81. The second-order valence-corrected chi connectivity index (χ2v) is 9.82. The van der Waals surface area contributed by atoms with Crippen LogP contribution in [0.3, 0.4) is 0 Å². The first kappa shape index (κ1) is 27.0. The van der Waals surface area contributed by atoms with Gasteiger partial charge in [0.1, 0.15) is 17.7 Å². The smallest absolute Gasteiger partial charge is 0.328 e. The standard InChI is InChI=1S/C22H36N2O9/c1-12(2)17(19(30)33-3)24-20(31)22(32)8-13(18(29)14(25)9-22)23-15(26)10-21(11-16(27)28)6-4-5-7-21/h12-14,17-18,25,29,32H,4-11H2,1-3H3,(H,23,26)(H,24,31)(H,27,28)/p-1/t13-,14+,17+,18+,22-/m0/s1. The summed E-state index contributed by atoms with van der Waals surface area (Å²) in [6.45, 7) is 3.36. The van der Waals surface area contributed by atoms with Gasteiger partial charge >= 0.3 is 5.97 Å². The summed E-state index contributed by atoms with van der Waals surface area (Å²) in [4.78, 5) is 48.7. The fourth-order valence-corrected chi connectivity index (χ4v) is 4.97. The number of aliphatic hydroxyl groups is 3. The molecular weight excluding hydrogens is 436 g/mol. The van der Waals surface area contributed by atoms with Crippen LogP contribution < -0.4 is 15.7 Å². The van der Waals surface area contributed by atoms with Crippen molar-refractivity contribution in [3.05, 3.63) is 0 Å². The van der Waals surface area contributed by atoms with Crippen molar-refractivity contribution >= 4 is 23.8 Å². The molecular formula is C22H35N2O9-. The molecule has 0 bridgehead atoms. The van der Waals surface area contributed by atoms with E-state index >= 15 is 0 Å². The maximum absolute atomic E-state index is 12.8. The van der Waals surface area contributed by atoms with E-state index in [1.807, 2.05) is 0 Å². The number of carbonyl (C=O) groups is 4. The Labute approximate surface area is 192 Å². The molecule has 2 rings (SSSR count). The van der Waals surface area contributed by atoms with Crippen LogP contribution in [0.15, 0.2) is 0 Å². The molecule has 0 aliphatic heterocycles. The molecule has 2 saturated carbocycles. The van der Waals surface area contributed by atoms with E-state index in [0.717, 1.165) is 12.8 Å². The molecule has 2 fully saturated rings. The molecule has 0 aromatic rings. The summed E-state index contributed by atoms with van der Waals surface area (Å²) in [6, 6.07) is -2.19. The van der Waals surface area contributed by atoms with E-state index in [4.69, 9.17) is 0 Å². The van der Waals surface area contributed by atoms with Gasteiger partial charge in [-0.2, -0.15) is 0 Å². The molecule has 33 heavy (non-hydrogen) atoms. The highest BCUT2D eigenvalue weighted by Gasteiger charge is 2.50. The maximum Gasteiger partial charge on any atom is 0.328 e. The van der Waals surface area contributed by atoms with Gasteiger partial charge in [0.15, 0.2) is 0 Å². The lowest BCUT2D eigenvalue weighted by atomic mass is 9.76. The number of amides is 2. The quantitative estimate of drug-likeness (QED) is 0.240. The molecule has 0 radical (unpaired) electrons. The lowest BCUT2D eigenvalue weighted by Crippen LogP contribution is -2.64. The number of aliphatic carboxylic acids is 1. The Balaban J connectivity index is 2.11. The number of carboxylic acids is 1. The number of nitrogens with one attached hydrogen (secondary N) is 2. The molecule has 11 heteroatoms. The van der Waals surface area contributed by atoms with Gasteiger partial charge in [-0.25, -0.2) is 4.79 Å². The van der Waals surface area contributed by atoms with E-state index in [1.54, 1.807) is 13.8 Å². The molecule has 2 aliphatic rings. The summed E-state index contributed by atoms with van der Waals surface area (Å²) in [5.74, 6) is -3.76. The average molecular weight is 472 g/mol. The minimum absolute atomic E-state index is 0.108. The van der Waals surface area contributed by atoms with Gasteiger partial charge in [-0.1, -0.05) is 26.7 Å². The Morgan fingerprint density at radius 2 is 1.70 bits per heavy atom. The van der Waals surface area contributed by atoms with E-state index < -0.39 is 71.9 Å². The van der Waals surface area contributed by atoms with E-state index in [9.17, 15) is 39.6 Å². The van der Waals surface area contributed by atoms with Crippen molar-refractivity contribution in [2.24, 2.45) is 11.3 Å². The highest BCUT2D eigenvalue weighted by molar-refractivity contribution is 5.90. The number of hydrogen-bond acceptors (Lipinski definition) is 9. The monoisotopic (exact) mass is 471 g/mol. The van der Waals surface area contributed by atoms with Gasteiger partial charge in [0, 0.05) is 25.2 Å². The van der Waals surface area contributed by atoms with Crippen molar-refractivity contribution in [3.63, 3.8) is 0 Å². The number of rotatable bonds is 9. The van der Waals surface area contributed by atoms with Crippen molar-refractivity contribution in [3.8, 4) is 0 Å². The zero-order chi connectivity index (χ0) is 25.0. The van der Waals surface area contributed by atoms with Crippen LogP contribution in [0.4, 0.5) is 0 Å². The molecule has 0 aromatic carbocycles. The Morgan fingerprint density at radius 1 is 1.09 bits per heavy atom. The van der Waals surface area contributed by atoms with E-state index in [0.29, 0.717) is 12.8 Å². The summed E-state index contributed by atoms with van der Waals surface area (Å²) >= 11 is 0. The summed E-state index contributed by atoms with van der Waals surface area (Å²) in [6.07, 6.45) is -1.51.